The van der Waals surface area contributed by atoms with E-state index >= 15 is 0 Å². The summed E-state index contributed by atoms with van der Waals surface area (Å²) < 4.78 is 38.7. The van der Waals surface area contributed by atoms with Crippen LogP contribution >= 0.6 is 0 Å². The van der Waals surface area contributed by atoms with Crippen molar-refractivity contribution in [1.82, 2.24) is 0 Å². The SMILES string of the molecule is COc1cc(N=Nc2cc(C(=O)O)cc(C(=O)O)c2)c(C)cc1N=Nc1cc(O)c(N=Nc2ccc3c(S(=O)(=O)O)ccc(N)c3c2O)cc1NC(C)=O. The number of fused-ring (bicyclic) bond motifs is 1. The van der Waals surface area contributed by atoms with Gasteiger partial charge in [-0.05, 0) is 61.0 Å². The maximum atomic E-state index is 12.1. The lowest BCUT2D eigenvalue weighted by Crippen LogP contribution is -2.05. The predicted octanol–water partition coefficient (Wildman–Crippen LogP) is 8.00. The number of aromatic hydroxyl groups is 2. The van der Waals surface area contributed by atoms with Crippen molar-refractivity contribution in [2.45, 2.75) is 18.7 Å². The largest absolute Gasteiger partial charge is 0.506 e. The molecule has 0 saturated carbocycles. The second-order valence-corrected chi connectivity index (χ2v) is 12.7. The number of aryl methyl sites for hydroxylation is 1. The minimum Gasteiger partial charge on any atom is -0.506 e. The number of anilines is 2. The van der Waals surface area contributed by atoms with Crippen LogP contribution in [0.4, 0.5) is 45.5 Å². The van der Waals surface area contributed by atoms with Gasteiger partial charge in [0.15, 0.2) is 5.75 Å². The maximum absolute atomic E-state index is 12.1. The number of carboxylic acids is 2. The van der Waals surface area contributed by atoms with Crippen molar-refractivity contribution in [3.05, 3.63) is 83.4 Å². The highest BCUT2D eigenvalue weighted by molar-refractivity contribution is 7.86. The molecule has 1 amide bonds. The number of rotatable bonds is 11. The lowest BCUT2D eigenvalue weighted by atomic mass is 10.1. The number of nitrogens with one attached hydrogen (secondary N) is 1. The van der Waals surface area contributed by atoms with Crippen LogP contribution in [0.25, 0.3) is 10.8 Å². The number of hydrogen-bond donors (Lipinski definition) is 7. The Kier molecular flexibility index (Phi) is 10.6. The first-order valence-electron chi connectivity index (χ1n) is 15.2. The Hall–Kier alpha value is -7.32. The molecule has 5 rings (SSSR count). The number of carboxylic acid groups (broad SMARTS) is 2. The van der Waals surface area contributed by atoms with Crippen molar-refractivity contribution in [2.75, 3.05) is 18.2 Å². The summed E-state index contributed by atoms with van der Waals surface area (Å²) in [6.45, 7) is 2.89. The van der Waals surface area contributed by atoms with E-state index in [0.29, 0.717) is 5.56 Å². The van der Waals surface area contributed by atoms with Crippen LogP contribution in [0.1, 0.15) is 33.2 Å². The molecule has 0 fully saturated rings. The summed E-state index contributed by atoms with van der Waals surface area (Å²) in [5, 5.41) is 67.1. The second kappa shape index (κ2) is 15.1. The number of nitrogens with zero attached hydrogens (tertiary/aromatic N) is 6. The number of benzene rings is 5. The van der Waals surface area contributed by atoms with Gasteiger partial charge in [-0.3, -0.25) is 9.35 Å². The van der Waals surface area contributed by atoms with E-state index in [0.717, 1.165) is 30.3 Å². The van der Waals surface area contributed by atoms with Crippen LogP contribution in [-0.2, 0) is 14.9 Å². The van der Waals surface area contributed by atoms with E-state index in [2.05, 4.69) is 36.0 Å². The molecule has 20 heteroatoms. The lowest BCUT2D eigenvalue weighted by molar-refractivity contribution is -0.114. The standard InChI is InChI=1S/C34H28N8O11S/c1-15-8-27(29(53-3)14-23(15)39-37-19-10-17(33(46)47)9-18(11-19)34(48)49)42-40-25-13-28(44)26(12-24(25)36-16(2)43)41-38-22-6-4-20-30(54(50,51)52)7-5-21(35)31(20)32(22)45/h4-14,44-45H,35H2,1-3H3,(H,36,43)(H,46,47)(H,48,49)(H,50,51,52). The Morgan fingerprint density at radius 1 is 0.741 bits per heavy atom. The lowest BCUT2D eigenvalue weighted by Gasteiger charge is -2.10. The van der Waals surface area contributed by atoms with Crippen LogP contribution < -0.4 is 15.8 Å². The van der Waals surface area contributed by atoms with Crippen LogP contribution in [0.3, 0.4) is 0 Å². The average molecular weight is 757 g/mol. The molecule has 0 heterocycles. The molecular weight excluding hydrogens is 728 g/mol. The molecular formula is C34H28N8O11S. The summed E-state index contributed by atoms with van der Waals surface area (Å²) in [6.07, 6.45) is 0. The number of ether oxygens (including phenoxy) is 1. The third-order valence-corrected chi connectivity index (χ3v) is 8.43. The molecule has 5 aromatic carbocycles. The van der Waals surface area contributed by atoms with E-state index in [1.165, 1.54) is 50.4 Å². The molecule has 8 N–H and O–H groups in total. The van der Waals surface area contributed by atoms with Gasteiger partial charge in [0.05, 0.1) is 40.7 Å². The fourth-order valence-corrected chi connectivity index (χ4v) is 5.68. The van der Waals surface area contributed by atoms with E-state index in [9.17, 15) is 47.8 Å². The first kappa shape index (κ1) is 37.9. The van der Waals surface area contributed by atoms with E-state index in [4.69, 9.17) is 10.5 Å². The highest BCUT2D eigenvalue weighted by Gasteiger charge is 2.20. The summed E-state index contributed by atoms with van der Waals surface area (Å²) in [5.41, 5.74) is 6.01. The fourth-order valence-electron chi connectivity index (χ4n) is 4.99. The quantitative estimate of drug-likeness (QED) is 0.0292. The molecule has 0 bridgehead atoms. The van der Waals surface area contributed by atoms with Crippen LogP contribution in [0.15, 0.2) is 102 Å². The van der Waals surface area contributed by atoms with E-state index < -0.39 is 44.4 Å². The smallest absolute Gasteiger partial charge is 0.335 e. The number of methoxy groups -OCH3 is 1. The molecule has 0 spiro atoms. The predicted molar refractivity (Wildman–Crippen MR) is 193 cm³/mol. The molecule has 19 nitrogen and oxygen atoms in total. The Balaban J connectivity index is 1.47. The van der Waals surface area contributed by atoms with Crippen LogP contribution in [-0.4, -0.2) is 58.4 Å². The Labute approximate surface area is 304 Å². The number of carbonyl (C=O) groups is 3. The number of nitrogen functional groups attached to an aromatic ring is 1. The van der Waals surface area contributed by atoms with Gasteiger partial charge in [-0.15, -0.1) is 20.5 Å². The number of hydrogen-bond acceptors (Lipinski definition) is 15. The summed E-state index contributed by atoms with van der Waals surface area (Å²) >= 11 is 0. The van der Waals surface area contributed by atoms with Gasteiger partial charge < -0.3 is 36.2 Å². The van der Waals surface area contributed by atoms with Crippen molar-refractivity contribution in [1.29, 1.82) is 0 Å². The number of nitrogens with two attached hydrogens (primary N) is 1. The fraction of sp³-hybridized carbons (Fsp3) is 0.0882. The van der Waals surface area contributed by atoms with E-state index in [-0.39, 0.29) is 73.1 Å². The van der Waals surface area contributed by atoms with Gasteiger partial charge in [0.2, 0.25) is 5.91 Å². The van der Waals surface area contributed by atoms with Crippen LogP contribution in [0, 0.1) is 6.92 Å². The average Bonchev–Trinajstić information content (AvgIpc) is 3.10. The molecule has 0 radical (unpaired) electrons. The van der Waals surface area contributed by atoms with Gasteiger partial charge in [0.1, 0.15) is 39.1 Å². The topological polar surface area (TPSA) is 308 Å². The first-order valence-corrected chi connectivity index (χ1v) is 16.6. The summed E-state index contributed by atoms with van der Waals surface area (Å²) in [5.74, 6) is -4.05. The highest BCUT2D eigenvalue weighted by Crippen LogP contribution is 2.44. The van der Waals surface area contributed by atoms with Gasteiger partial charge in [0.25, 0.3) is 10.1 Å². The van der Waals surface area contributed by atoms with Crippen molar-refractivity contribution < 1.29 is 52.5 Å². The van der Waals surface area contributed by atoms with Crippen LogP contribution in [0.2, 0.25) is 0 Å². The van der Waals surface area contributed by atoms with Gasteiger partial charge >= 0.3 is 11.9 Å². The Morgan fingerprint density at radius 2 is 1.35 bits per heavy atom. The monoisotopic (exact) mass is 756 g/mol. The van der Waals surface area contributed by atoms with Gasteiger partial charge in [-0.2, -0.15) is 18.6 Å². The first-order chi connectivity index (χ1) is 25.5. The van der Waals surface area contributed by atoms with Crippen LogP contribution in [0.5, 0.6) is 17.2 Å². The zero-order chi connectivity index (χ0) is 39.5. The molecule has 0 aliphatic rings. The summed E-state index contributed by atoms with van der Waals surface area (Å²) in [6, 6.07) is 13.4. The van der Waals surface area contributed by atoms with Crippen molar-refractivity contribution in [3.63, 3.8) is 0 Å². The van der Waals surface area contributed by atoms with Crippen molar-refractivity contribution >= 4 is 84.2 Å². The molecule has 5 aromatic rings. The Bertz CT molecular complexity index is 2560. The minimum absolute atomic E-state index is 0.0114. The molecule has 0 aromatic heterocycles. The normalized spacial score (nSPS) is 11.9. The number of aromatic carboxylic acids is 2. The molecule has 0 saturated heterocycles. The van der Waals surface area contributed by atoms with E-state index in [1.807, 2.05) is 0 Å². The number of phenolic OH excluding ortho intramolecular Hbond substituents is 2. The van der Waals surface area contributed by atoms with Gasteiger partial charge in [-0.25, -0.2) is 9.59 Å². The molecule has 0 atom stereocenters. The zero-order valence-corrected chi connectivity index (χ0v) is 29.0. The molecule has 54 heavy (non-hydrogen) atoms. The van der Waals surface area contributed by atoms with Gasteiger partial charge in [-0.1, -0.05) is 6.07 Å². The number of carbonyl (C=O) groups excluding carboxylic acids is 1. The highest BCUT2D eigenvalue weighted by atomic mass is 32.2. The number of azo groups is 3. The molecule has 0 unspecified atom stereocenters. The zero-order valence-electron chi connectivity index (χ0n) is 28.2. The number of amides is 1. The Morgan fingerprint density at radius 3 is 1.96 bits per heavy atom. The minimum atomic E-state index is -4.66. The van der Waals surface area contributed by atoms with Gasteiger partial charge in [0, 0.05) is 30.1 Å². The third-order valence-electron chi connectivity index (χ3n) is 7.52. The molecule has 0 aliphatic carbocycles. The van der Waals surface area contributed by atoms with Crippen molar-refractivity contribution in [3.8, 4) is 17.2 Å². The third kappa shape index (κ3) is 8.25. The summed E-state index contributed by atoms with van der Waals surface area (Å²) in [7, 11) is -3.30. The van der Waals surface area contributed by atoms with E-state index in [1.54, 1.807) is 6.92 Å². The second-order valence-electron chi connectivity index (χ2n) is 11.3. The maximum Gasteiger partial charge on any atom is 0.335 e. The number of phenols is 2. The summed E-state index contributed by atoms with van der Waals surface area (Å²) in [4.78, 5) is 34.5. The molecule has 276 valence electrons. The van der Waals surface area contributed by atoms with Crippen molar-refractivity contribution in [2.24, 2.45) is 30.7 Å². The molecule has 0 aliphatic heterocycles.